The largest absolute Gasteiger partial charge is 0.414 e. The van der Waals surface area contributed by atoms with E-state index in [1.807, 2.05) is 0 Å². The topological polar surface area (TPSA) is 9.23 Å². The van der Waals surface area contributed by atoms with E-state index < -0.39 is 8.32 Å². The van der Waals surface area contributed by atoms with Crippen LogP contribution < -0.4 is 0 Å². The van der Waals surface area contributed by atoms with Crippen LogP contribution in [-0.2, 0) is 4.43 Å². The molecule has 1 saturated carbocycles. The van der Waals surface area contributed by atoms with Gasteiger partial charge in [0.1, 0.15) is 0 Å². The van der Waals surface area contributed by atoms with E-state index in [0.717, 1.165) is 5.92 Å². The Morgan fingerprint density at radius 1 is 1.23 bits per heavy atom. The molecule has 0 aromatic carbocycles. The summed E-state index contributed by atoms with van der Waals surface area (Å²) < 4.78 is 7.49. The van der Waals surface area contributed by atoms with Gasteiger partial charge in [-0.2, -0.15) is 0 Å². The molecule has 0 bridgehead atoms. The van der Waals surface area contributed by atoms with Crippen molar-refractivity contribution in [2.24, 2.45) is 5.92 Å². The minimum absolute atomic E-state index is 0.581. The zero-order chi connectivity index (χ0) is 9.90. The van der Waals surface area contributed by atoms with Crippen LogP contribution in [0.4, 0.5) is 0 Å². The van der Waals surface area contributed by atoms with E-state index in [1.54, 1.807) is 0 Å². The Bertz CT molecular complexity index is 155. The fourth-order valence-electron chi connectivity index (χ4n) is 1.96. The lowest BCUT2D eigenvalue weighted by atomic mass is 9.88. The predicted molar refractivity (Wildman–Crippen MR) is 69.1 cm³/mol. The Morgan fingerprint density at radius 2 is 1.85 bits per heavy atom. The monoisotopic (exact) mass is 312 g/mol. The second-order valence-corrected chi connectivity index (χ2v) is 10.3. The minimum Gasteiger partial charge on any atom is -0.414 e. The van der Waals surface area contributed by atoms with Gasteiger partial charge in [-0.1, -0.05) is 35.4 Å². The second-order valence-electron chi connectivity index (χ2n) is 4.97. The lowest BCUT2D eigenvalue weighted by molar-refractivity contribution is 0.0996. The van der Waals surface area contributed by atoms with Gasteiger partial charge in [0.15, 0.2) is 8.32 Å². The van der Waals surface area contributed by atoms with Gasteiger partial charge in [-0.3, -0.25) is 0 Å². The van der Waals surface area contributed by atoms with Crippen molar-refractivity contribution >= 4 is 30.9 Å². The van der Waals surface area contributed by atoms with Crippen LogP contribution in [0.15, 0.2) is 0 Å². The fourth-order valence-corrected chi connectivity index (χ4v) is 4.19. The molecule has 78 valence electrons. The van der Waals surface area contributed by atoms with Crippen molar-refractivity contribution in [2.45, 2.75) is 51.4 Å². The zero-order valence-corrected chi connectivity index (χ0v) is 12.1. The molecule has 0 radical (unpaired) electrons. The second kappa shape index (κ2) is 5.12. The van der Waals surface area contributed by atoms with E-state index in [4.69, 9.17) is 4.43 Å². The Morgan fingerprint density at radius 3 is 2.38 bits per heavy atom. The first-order chi connectivity index (χ1) is 6.03. The van der Waals surface area contributed by atoms with Crippen LogP contribution in [-0.4, -0.2) is 18.8 Å². The van der Waals surface area contributed by atoms with Gasteiger partial charge in [0.25, 0.3) is 0 Å². The predicted octanol–water partition coefficient (Wildman–Crippen LogP) is 3.83. The van der Waals surface area contributed by atoms with Crippen LogP contribution in [0.5, 0.6) is 0 Å². The molecule has 0 aromatic rings. The summed E-state index contributed by atoms with van der Waals surface area (Å²) in [5, 5.41) is 0. The summed E-state index contributed by atoms with van der Waals surface area (Å²) in [6.45, 7) is 6.89. The van der Waals surface area contributed by atoms with Crippen LogP contribution >= 0.6 is 22.6 Å². The van der Waals surface area contributed by atoms with Crippen molar-refractivity contribution in [3.8, 4) is 0 Å². The van der Waals surface area contributed by atoms with Crippen LogP contribution in [0, 0.1) is 5.92 Å². The summed E-state index contributed by atoms with van der Waals surface area (Å²) in [6.07, 6.45) is 6.06. The highest BCUT2D eigenvalue weighted by Gasteiger charge is 2.29. The number of rotatable bonds is 3. The molecule has 1 aliphatic rings. The molecule has 0 N–H and O–H groups in total. The van der Waals surface area contributed by atoms with E-state index in [0.29, 0.717) is 6.10 Å². The molecular weight excluding hydrogens is 291 g/mol. The quantitative estimate of drug-likeness (QED) is 0.437. The lowest BCUT2D eigenvalue weighted by Crippen LogP contribution is -2.38. The summed E-state index contributed by atoms with van der Waals surface area (Å²) in [5.74, 6) is 0.834. The van der Waals surface area contributed by atoms with Crippen molar-refractivity contribution in [3.63, 3.8) is 0 Å². The van der Waals surface area contributed by atoms with E-state index in [2.05, 4.69) is 42.2 Å². The first kappa shape index (κ1) is 12.0. The lowest BCUT2D eigenvalue weighted by Gasteiger charge is -2.35. The van der Waals surface area contributed by atoms with Crippen molar-refractivity contribution in [3.05, 3.63) is 0 Å². The first-order valence-corrected chi connectivity index (χ1v) is 10.2. The average molecular weight is 312 g/mol. The van der Waals surface area contributed by atoms with Gasteiger partial charge in [-0.05, 0) is 38.4 Å². The SMILES string of the molecule is C[Si](C)(C)O[C@H]1CCCC[C@@H]1CI. The molecule has 0 saturated heterocycles. The normalized spacial score (nSPS) is 30.5. The standard InChI is InChI=1S/C10H21IOSi/c1-13(2,3)12-10-7-5-4-6-9(10)8-11/h9-10H,4-8H2,1-3H3/t9-,10+/m1/s1. The number of halogens is 1. The summed E-state index contributed by atoms with van der Waals surface area (Å²) >= 11 is 2.51. The van der Waals surface area contributed by atoms with Gasteiger partial charge in [0.2, 0.25) is 0 Å². The van der Waals surface area contributed by atoms with Gasteiger partial charge in [0.05, 0.1) is 0 Å². The number of hydrogen-bond donors (Lipinski definition) is 0. The molecule has 1 fully saturated rings. The highest BCUT2D eigenvalue weighted by atomic mass is 127. The third kappa shape index (κ3) is 4.30. The summed E-state index contributed by atoms with van der Waals surface area (Å²) in [5.41, 5.74) is 0. The van der Waals surface area contributed by atoms with Gasteiger partial charge < -0.3 is 4.43 Å². The minimum atomic E-state index is -1.31. The summed E-state index contributed by atoms with van der Waals surface area (Å²) in [7, 11) is -1.31. The molecule has 1 rings (SSSR count). The van der Waals surface area contributed by atoms with Gasteiger partial charge in [0, 0.05) is 10.5 Å². The first-order valence-electron chi connectivity index (χ1n) is 5.27. The Balaban J connectivity index is 2.45. The van der Waals surface area contributed by atoms with E-state index in [-0.39, 0.29) is 0 Å². The zero-order valence-electron chi connectivity index (χ0n) is 8.98. The summed E-state index contributed by atoms with van der Waals surface area (Å²) in [6, 6.07) is 0. The van der Waals surface area contributed by atoms with Crippen molar-refractivity contribution in [1.29, 1.82) is 0 Å². The third-order valence-corrected chi connectivity index (χ3v) is 4.68. The number of alkyl halides is 1. The van der Waals surface area contributed by atoms with Crippen molar-refractivity contribution in [2.75, 3.05) is 4.43 Å². The highest BCUT2D eigenvalue weighted by molar-refractivity contribution is 14.1. The van der Waals surface area contributed by atoms with E-state index in [9.17, 15) is 0 Å². The Kier molecular flexibility index (Phi) is 4.72. The molecule has 1 nitrogen and oxygen atoms in total. The Hall–Kier alpha value is 0.907. The highest BCUT2D eigenvalue weighted by Crippen LogP contribution is 2.30. The van der Waals surface area contributed by atoms with Crippen molar-refractivity contribution in [1.82, 2.24) is 0 Å². The van der Waals surface area contributed by atoms with Crippen LogP contribution in [0.1, 0.15) is 25.7 Å². The maximum absolute atomic E-state index is 6.22. The molecule has 0 amide bonds. The Labute approximate surface area is 96.9 Å². The summed E-state index contributed by atoms with van der Waals surface area (Å²) in [4.78, 5) is 0. The van der Waals surface area contributed by atoms with Crippen LogP contribution in [0.3, 0.4) is 0 Å². The van der Waals surface area contributed by atoms with Crippen LogP contribution in [0.2, 0.25) is 19.6 Å². The van der Waals surface area contributed by atoms with Crippen molar-refractivity contribution < 1.29 is 4.43 Å². The van der Waals surface area contributed by atoms with Gasteiger partial charge >= 0.3 is 0 Å². The van der Waals surface area contributed by atoms with E-state index >= 15 is 0 Å². The molecular formula is C10H21IOSi. The van der Waals surface area contributed by atoms with Gasteiger partial charge in [-0.15, -0.1) is 0 Å². The smallest absolute Gasteiger partial charge is 0.184 e. The molecule has 0 aromatic heterocycles. The molecule has 0 heterocycles. The molecule has 0 unspecified atom stereocenters. The average Bonchev–Trinajstić information content (AvgIpc) is 2.02. The molecule has 3 heteroatoms. The maximum atomic E-state index is 6.22. The molecule has 1 aliphatic carbocycles. The molecule has 0 aliphatic heterocycles. The number of hydrogen-bond acceptors (Lipinski definition) is 1. The molecule has 13 heavy (non-hydrogen) atoms. The van der Waals surface area contributed by atoms with Crippen LogP contribution in [0.25, 0.3) is 0 Å². The van der Waals surface area contributed by atoms with E-state index in [1.165, 1.54) is 30.1 Å². The van der Waals surface area contributed by atoms with Gasteiger partial charge in [-0.25, -0.2) is 0 Å². The fraction of sp³-hybridized carbons (Fsp3) is 1.00. The molecule has 2 atom stereocenters. The maximum Gasteiger partial charge on any atom is 0.184 e. The third-order valence-electron chi connectivity index (χ3n) is 2.54. The molecule has 0 spiro atoms.